The summed E-state index contributed by atoms with van der Waals surface area (Å²) in [5, 5.41) is 6.60. The lowest BCUT2D eigenvalue weighted by molar-refractivity contribution is -0.250. The number of benzene rings is 2. The van der Waals surface area contributed by atoms with Crippen LogP contribution < -0.4 is 21.2 Å². The van der Waals surface area contributed by atoms with Gasteiger partial charge in [0.25, 0.3) is 0 Å². The minimum atomic E-state index is -3.09. The number of esters is 4. The first kappa shape index (κ1) is 39.4. The van der Waals surface area contributed by atoms with E-state index in [0.29, 0.717) is 0 Å². The highest BCUT2D eigenvalue weighted by atomic mass is 32.2. The van der Waals surface area contributed by atoms with Crippen molar-refractivity contribution in [3.05, 3.63) is 60.7 Å². The number of amides is 1. The lowest BCUT2D eigenvalue weighted by Crippen LogP contribution is -2.62. The summed E-state index contributed by atoms with van der Waals surface area (Å²) in [6.07, 6.45) is -6.88. The molecule has 1 amide bonds. The molecule has 2 aromatic rings. The van der Waals surface area contributed by atoms with Gasteiger partial charge in [-0.05, 0) is 17.7 Å². The van der Waals surface area contributed by atoms with Crippen molar-refractivity contribution in [2.75, 3.05) is 26.2 Å². The molecule has 2 aromatic carbocycles. The zero-order chi connectivity index (χ0) is 36.1. The molecule has 0 radical (unpaired) electrons. The zero-order valence-corrected chi connectivity index (χ0v) is 29.9. The van der Waals surface area contributed by atoms with Crippen LogP contribution in [0, 0.1) is 0 Å². The molecule has 0 spiro atoms. The number of hydrogen-bond donors (Lipinski definition) is 2. The second-order valence-corrected chi connectivity index (χ2v) is 15.5. The summed E-state index contributed by atoms with van der Waals surface area (Å²) < 4.78 is 33.8. The lowest BCUT2D eigenvalue weighted by atomic mass is 9.97. The van der Waals surface area contributed by atoms with E-state index in [2.05, 4.69) is 10.6 Å². The van der Waals surface area contributed by atoms with Crippen molar-refractivity contribution in [1.29, 1.82) is 0 Å². The average Bonchev–Trinajstić information content (AvgIpc) is 3.07. The number of carbonyl (C=O) groups is 6. The Morgan fingerprint density at radius 2 is 1.29 bits per heavy atom. The van der Waals surface area contributed by atoms with Gasteiger partial charge in [-0.15, -0.1) is 0 Å². The van der Waals surface area contributed by atoms with E-state index in [4.69, 9.17) is 28.4 Å². The third kappa shape index (κ3) is 11.0. The van der Waals surface area contributed by atoms with E-state index in [0.717, 1.165) is 43.1 Å². The molecule has 0 saturated carbocycles. The normalized spacial score (nSPS) is 21.0. The van der Waals surface area contributed by atoms with Crippen molar-refractivity contribution < 1.29 is 52.5 Å². The molecule has 1 saturated heterocycles. The maximum Gasteiger partial charge on any atom is 0.303 e. The number of nitrogens with zero attached hydrogens (tertiary/aromatic N) is 1. The SMILES string of the molecule is CNC(=O)[C@H](CC(=O)SCP(=N[C@@H]1OC(COC(C)=O)[C@H](OC(C)=O)C(OC(C)=O)C1OC(C)=O)(c1ccccc1)c1ccccc1)NC. The fourth-order valence-corrected chi connectivity index (χ4v) is 10.7. The first-order valence-electron chi connectivity index (χ1n) is 15.4. The Kier molecular flexibility index (Phi) is 15.0. The summed E-state index contributed by atoms with van der Waals surface area (Å²) in [6, 6.07) is 17.6. The third-order valence-corrected chi connectivity index (χ3v) is 12.8. The second-order valence-electron chi connectivity index (χ2n) is 11.0. The van der Waals surface area contributed by atoms with Crippen LogP contribution in [0.2, 0.25) is 0 Å². The Bertz CT molecular complexity index is 1500. The Hall–Kier alpha value is -4.04. The summed E-state index contributed by atoms with van der Waals surface area (Å²) in [5.41, 5.74) is 0.108. The Morgan fingerprint density at radius 3 is 1.76 bits per heavy atom. The van der Waals surface area contributed by atoms with Crippen molar-refractivity contribution in [3.63, 3.8) is 0 Å². The van der Waals surface area contributed by atoms with E-state index in [1.165, 1.54) is 14.0 Å². The molecule has 3 rings (SSSR count). The molecule has 1 heterocycles. The largest absolute Gasteiger partial charge is 0.463 e. The smallest absolute Gasteiger partial charge is 0.303 e. The molecule has 1 aliphatic heterocycles. The van der Waals surface area contributed by atoms with Gasteiger partial charge in [0, 0.05) is 53.7 Å². The van der Waals surface area contributed by atoms with Crippen LogP contribution in [0.4, 0.5) is 0 Å². The van der Waals surface area contributed by atoms with Crippen LogP contribution in [0.5, 0.6) is 0 Å². The van der Waals surface area contributed by atoms with Crippen molar-refractivity contribution >= 4 is 64.3 Å². The quantitative estimate of drug-likeness (QED) is 0.164. The van der Waals surface area contributed by atoms with Gasteiger partial charge in [-0.3, -0.25) is 33.5 Å². The number of ether oxygens (including phenoxy) is 5. The van der Waals surface area contributed by atoms with Gasteiger partial charge < -0.3 is 34.3 Å². The molecule has 3 unspecified atom stereocenters. The molecule has 49 heavy (non-hydrogen) atoms. The molecule has 2 N–H and O–H groups in total. The predicted octanol–water partition coefficient (Wildman–Crippen LogP) is 1.86. The Labute approximate surface area is 289 Å². The summed E-state index contributed by atoms with van der Waals surface area (Å²) in [4.78, 5) is 74.8. The minimum absolute atomic E-state index is 0.108. The van der Waals surface area contributed by atoms with Crippen LogP contribution in [-0.4, -0.2) is 97.8 Å². The highest BCUT2D eigenvalue weighted by Gasteiger charge is 2.53. The van der Waals surface area contributed by atoms with Crippen molar-refractivity contribution in [2.45, 2.75) is 70.8 Å². The average molecular weight is 720 g/mol. The summed E-state index contributed by atoms with van der Waals surface area (Å²) in [7, 11) is -0.0149. The van der Waals surface area contributed by atoms with Crippen molar-refractivity contribution in [1.82, 2.24) is 10.6 Å². The molecule has 0 aliphatic carbocycles. The lowest BCUT2D eigenvalue weighted by Gasteiger charge is -2.44. The van der Waals surface area contributed by atoms with E-state index >= 15 is 0 Å². The molecule has 1 fully saturated rings. The Balaban J connectivity index is 2.29. The van der Waals surface area contributed by atoms with Crippen LogP contribution in [0.25, 0.3) is 0 Å². The summed E-state index contributed by atoms with van der Waals surface area (Å²) >= 11 is 0.993. The van der Waals surface area contributed by atoms with E-state index in [9.17, 15) is 28.8 Å². The molecule has 14 nitrogen and oxygen atoms in total. The van der Waals surface area contributed by atoms with E-state index in [1.54, 1.807) is 7.05 Å². The number of rotatable bonds is 14. The molecule has 16 heteroatoms. The van der Waals surface area contributed by atoms with Gasteiger partial charge in [-0.25, -0.2) is 0 Å². The number of nitrogens with one attached hydrogen (secondary N) is 2. The molecule has 6 atom stereocenters. The van der Waals surface area contributed by atoms with Crippen molar-refractivity contribution in [2.24, 2.45) is 4.74 Å². The molecular formula is C33H42N3O11PS. The van der Waals surface area contributed by atoms with Gasteiger partial charge in [0.2, 0.25) is 5.91 Å². The monoisotopic (exact) mass is 719 g/mol. The second kappa shape index (κ2) is 18.6. The molecular weight excluding hydrogens is 677 g/mol. The van der Waals surface area contributed by atoms with Crippen LogP contribution in [0.3, 0.4) is 0 Å². The molecule has 266 valence electrons. The van der Waals surface area contributed by atoms with Crippen LogP contribution in [-0.2, 0) is 52.5 Å². The van der Waals surface area contributed by atoms with Gasteiger partial charge in [-0.2, -0.15) is 0 Å². The third-order valence-electron chi connectivity index (χ3n) is 7.34. The number of hydrogen-bond acceptors (Lipinski definition) is 14. The molecule has 0 bridgehead atoms. The van der Waals surface area contributed by atoms with Gasteiger partial charge in [0.15, 0.2) is 29.7 Å². The number of thioether (sulfide) groups is 1. The van der Waals surface area contributed by atoms with Gasteiger partial charge >= 0.3 is 23.9 Å². The van der Waals surface area contributed by atoms with E-state index in [-0.39, 0.29) is 22.9 Å². The topological polar surface area (TPSA) is 185 Å². The first-order valence-corrected chi connectivity index (χ1v) is 18.3. The maximum absolute atomic E-state index is 13.4. The first-order chi connectivity index (χ1) is 23.3. The predicted molar refractivity (Wildman–Crippen MR) is 182 cm³/mol. The maximum atomic E-state index is 13.4. The highest BCUT2D eigenvalue weighted by Crippen LogP contribution is 2.52. The standard InChI is InChI=1S/C33H42N3O11PS/c1-20(37)43-18-27-29(44-21(2)38)30(45-22(3)39)31(46-23(4)40)33(47-27)36-48(24-13-9-7-10-14-24,25-15-11-8-12-16-25)19-49-28(41)17-26(34-5)32(42)35-6/h7-16,26-27,29-31,33-34H,17-19H2,1-6H3,(H,35,42)/t26-,27?,29-,30?,31?,33+/m0/s1. The van der Waals surface area contributed by atoms with Crippen LogP contribution in [0.15, 0.2) is 65.4 Å². The highest BCUT2D eigenvalue weighted by molar-refractivity contribution is 8.19. The number of likely N-dealkylation sites (N-methyl/N-ethyl adjacent to an activating group) is 2. The fourth-order valence-electron chi connectivity index (χ4n) is 5.20. The summed E-state index contributed by atoms with van der Waals surface area (Å²) in [6.45, 7) is 4.22. The number of carbonyl (C=O) groups excluding carboxylic acids is 6. The molecule has 0 aromatic heterocycles. The van der Waals surface area contributed by atoms with Crippen LogP contribution in [0.1, 0.15) is 34.1 Å². The summed E-state index contributed by atoms with van der Waals surface area (Å²) in [5.74, 6) is -3.27. The van der Waals surface area contributed by atoms with Gasteiger partial charge in [0.1, 0.15) is 12.7 Å². The minimum Gasteiger partial charge on any atom is -0.463 e. The Morgan fingerprint density at radius 1 is 0.776 bits per heavy atom. The van der Waals surface area contributed by atoms with E-state index in [1.807, 2.05) is 60.7 Å². The molecule has 1 aliphatic rings. The van der Waals surface area contributed by atoms with Gasteiger partial charge in [-0.1, -0.05) is 72.4 Å². The van der Waals surface area contributed by atoms with Crippen molar-refractivity contribution in [3.8, 4) is 0 Å². The van der Waals surface area contributed by atoms with Crippen LogP contribution >= 0.6 is 18.8 Å². The van der Waals surface area contributed by atoms with Gasteiger partial charge in [0.05, 0.1) is 6.04 Å². The van der Waals surface area contributed by atoms with E-state index < -0.39 is 74.2 Å². The zero-order valence-electron chi connectivity index (χ0n) is 28.2. The fraction of sp³-hybridized carbons (Fsp3) is 0.455.